The van der Waals surface area contributed by atoms with Crippen molar-refractivity contribution in [3.05, 3.63) is 35.6 Å². The van der Waals surface area contributed by atoms with Gasteiger partial charge in [0.15, 0.2) is 0 Å². The SMILES string of the molecule is CC(C)CC[C@@]1(C)NC(=O)N(C[C@@H](O)COCc2ccccc2F)C1=O. The molecule has 1 saturated heterocycles. The van der Waals surface area contributed by atoms with Crippen LogP contribution >= 0.6 is 0 Å². The Labute approximate surface area is 153 Å². The third-order valence-corrected chi connectivity index (χ3v) is 4.49. The molecule has 0 unspecified atom stereocenters. The van der Waals surface area contributed by atoms with E-state index in [1.165, 1.54) is 6.07 Å². The number of halogens is 1. The lowest BCUT2D eigenvalue weighted by Crippen LogP contribution is -2.45. The van der Waals surface area contributed by atoms with E-state index in [9.17, 15) is 19.1 Å². The molecule has 3 amide bonds. The number of nitrogens with one attached hydrogen (secondary N) is 1. The molecule has 26 heavy (non-hydrogen) atoms. The van der Waals surface area contributed by atoms with Crippen molar-refractivity contribution >= 4 is 11.9 Å². The maximum absolute atomic E-state index is 13.5. The van der Waals surface area contributed by atoms with Crippen LogP contribution in [0.25, 0.3) is 0 Å². The van der Waals surface area contributed by atoms with E-state index in [1.807, 2.05) is 0 Å². The predicted octanol–water partition coefficient (Wildman–Crippen LogP) is 2.45. The molecule has 2 rings (SSSR count). The molecule has 6 nitrogen and oxygen atoms in total. The predicted molar refractivity (Wildman–Crippen MR) is 94.8 cm³/mol. The average molecular weight is 366 g/mol. The van der Waals surface area contributed by atoms with Gasteiger partial charge in [-0.3, -0.25) is 9.69 Å². The summed E-state index contributed by atoms with van der Waals surface area (Å²) in [4.78, 5) is 25.7. The summed E-state index contributed by atoms with van der Waals surface area (Å²) in [6.07, 6.45) is 0.319. The van der Waals surface area contributed by atoms with Crippen molar-refractivity contribution in [2.24, 2.45) is 5.92 Å². The monoisotopic (exact) mass is 366 g/mol. The molecule has 0 aromatic heterocycles. The molecule has 1 heterocycles. The van der Waals surface area contributed by atoms with Crippen LogP contribution in [0.15, 0.2) is 24.3 Å². The van der Waals surface area contributed by atoms with Gasteiger partial charge in [-0.25, -0.2) is 9.18 Å². The van der Waals surface area contributed by atoms with Gasteiger partial charge >= 0.3 is 6.03 Å². The first-order valence-electron chi connectivity index (χ1n) is 8.86. The van der Waals surface area contributed by atoms with E-state index in [0.29, 0.717) is 17.9 Å². The van der Waals surface area contributed by atoms with E-state index in [2.05, 4.69) is 19.2 Å². The number of imide groups is 1. The molecule has 2 N–H and O–H groups in total. The molecule has 0 aliphatic carbocycles. The highest BCUT2D eigenvalue weighted by atomic mass is 19.1. The van der Waals surface area contributed by atoms with Gasteiger partial charge in [-0.05, 0) is 31.7 Å². The number of hydrogen-bond donors (Lipinski definition) is 2. The fourth-order valence-electron chi connectivity index (χ4n) is 2.84. The Morgan fingerprint density at radius 2 is 2.00 bits per heavy atom. The summed E-state index contributed by atoms with van der Waals surface area (Å²) in [7, 11) is 0. The number of carbonyl (C=O) groups is 2. The Balaban J connectivity index is 1.84. The van der Waals surface area contributed by atoms with Gasteiger partial charge in [0, 0.05) is 5.56 Å². The second-order valence-electron chi connectivity index (χ2n) is 7.37. The lowest BCUT2D eigenvalue weighted by atomic mass is 9.92. The molecule has 0 bridgehead atoms. The number of benzene rings is 1. The number of ether oxygens (including phenoxy) is 1. The van der Waals surface area contributed by atoms with Crippen LogP contribution in [0.3, 0.4) is 0 Å². The molecule has 0 spiro atoms. The summed E-state index contributed by atoms with van der Waals surface area (Å²) >= 11 is 0. The van der Waals surface area contributed by atoms with Gasteiger partial charge in [0.05, 0.1) is 25.9 Å². The molecule has 1 aromatic rings. The largest absolute Gasteiger partial charge is 0.389 e. The first-order chi connectivity index (χ1) is 12.2. The molecule has 1 fully saturated rings. The minimum atomic E-state index is -1.04. The molecule has 1 aliphatic heterocycles. The van der Waals surface area contributed by atoms with Crippen LogP contribution in [0, 0.1) is 11.7 Å². The van der Waals surface area contributed by atoms with E-state index < -0.39 is 17.7 Å². The Morgan fingerprint density at radius 1 is 1.31 bits per heavy atom. The van der Waals surface area contributed by atoms with Gasteiger partial charge in [0.2, 0.25) is 0 Å². The quantitative estimate of drug-likeness (QED) is 0.658. The normalized spacial score (nSPS) is 21.4. The first kappa shape index (κ1) is 20.3. The van der Waals surface area contributed by atoms with Gasteiger partial charge in [-0.15, -0.1) is 0 Å². The fourth-order valence-corrected chi connectivity index (χ4v) is 2.84. The minimum Gasteiger partial charge on any atom is -0.389 e. The molecule has 7 heteroatoms. The van der Waals surface area contributed by atoms with E-state index in [-0.39, 0.29) is 31.5 Å². The molecular weight excluding hydrogens is 339 g/mol. The van der Waals surface area contributed by atoms with Crippen molar-refractivity contribution in [3.63, 3.8) is 0 Å². The number of urea groups is 1. The highest BCUT2D eigenvalue weighted by molar-refractivity contribution is 6.06. The van der Waals surface area contributed by atoms with Crippen LogP contribution < -0.4 is 5.32 Å². The van der Waals surface area contributed by atoms with Crippen molar-refractivity contribution in [1.29, 1.82) is 0 Å². The zero-order valence-corrected chi connectivity index (χ0v) is 15.5. The Kier molecular flexibility index (Phi) is 6.72. The summed E-state index contributed by atoms with van der Waals surface area (Å²) in [5, 5.41) is 12.8. The molecule has 2 atom stereocenters. The number of β-amino-alcohol motifs (C(OH)–C–C–N with tert-alkyl or cyclic N) is 1. The van der Waals surface area contributed by atoms with Gasteiger partial charge in [-0.2, -0.15) is 0 Å². The van der Waals surface area contributed by atoms with E-state index in [0.717, 1.165) is 11.3 Å². The summed E-state index contributed by atoms with van der Waals surface area (Å²) in [6.45, 7) is 5.57. The van der Waals surface area contributed by atoms with Crippen molar-refractivity contribution in [2.75, 3.05) is 13.2 Å². The van der Waals surface area contributed by atoms with Crippen LogP contribution in [0.5, 0.6) is 0 Å². The summed E-state index contributed by atoms with van der Waals surface area (Å²) in [5.74, 6) is -0.295. The average Bonchev–Trinajstić information content (AvgIpc) is 2.79. The molecule has 1 aromatic carbocycles. The lowest BCUT2D eigenvalue weighted by molar-refractivity contribution is -0.132. The van der Waals surface area contributed by atoms with Crippen molar-refractivity contribution < 1.29 is 23.8 Å². The Hall–Kier alpha value is -1.99. The summed E-state index contributed by atoms with van der Waals surface area (Å²) < 4.78 is 18.8. The standard InChI is InChI=1S/C19H27FN2O4/c1-13(2)8-9-19(3)17(24)22(18(25)21-19)10-15(23)12-26-11-14-6-4-5-7-16(14)20/h4-7,13,15,23H,8-12H2,1-3H3,(H,21,25)/t15-,19-/m1/s1. The van der Waals surface area contributed by atoms with Gasteiger partial charge < -0.3 is 15.2 Å². The number of rotatable bonds is 9. The molecule has 0 saturated carbocycles. The van der Waals surface area contributed by atoms with Gasteiger partial charge in [-0.1, -0.05) is 32.0 Å². The first-order valence-corrected chi connectivity index (χ1v) is 8.86. The Morgan fingerprint density at radius 3 is 2.65 bits per heavy atom. The highest BCUT2D eigenvalue weighted by Gasteiger charge is 2.47. The van der Waals surface area contributed by atoms with Gasteiger partial charge in [0.25, 0.3) is 5.91 Å². The van der Waals surface area contributed by atoms with Crippen molar-refractivity contribution in [3.8, 4) is 0 Å². The van der Waals surface area contributed by atoms with Gasteiger partial charge in [0.1, 0.15) is 11.4 Å². The number of amides is 3. The van der Waals surface area contributed by atoms with Crippen LogP contribution in [-0.4, -0.2) is 46.7 Å². The smallest absolute Gasteiger partial charge is 0.325 e. The van der Waals surface area contributed by atoms with Crippen molar-refractivity contribution in [1.82, 2.24) is 10.2 Å². The second-order valence-corrected chi connectivity index (χ2v) is 7.37. The molecule has 0 radical (unpaired) electrons. The molecule has 144 valence electrons. The third-order valence-electron chi connectivity index (χ3n) is 4.49. The maximum atomic E-state index is 13.5. The van der Waals surface area contributed by atoms with Crippen molar-refractivity contribution in [2.45, 2.75) is 51.9 Å². The topological polar surface area (TPSA) is 78.9 Å². The van der Waals surface area contributed by atoms with Crippen LogP contribution in [-0.2, 0) is 16.1 Å². The number of aliphatic hydroxyl groups excluding tert-OH is 1. The zero-order chi connectivity index (χ0) is 19.3. The molecular formula is C19H27FN2O4. The van der Waals surface area contributed by atoms with Crippen LogP contribution in [0.2, 0.25) is 0 Å². The second kappa shape index (κ2) is 8.60. The van der Waals surface area contributed by atoms with E-state index in [1.54, 1.807) is 25.1 Å². The lowest BCUT2D eigenvalue weighted by Gasteiger charge is -2.23. The maximum Gasteiger partial charge on any atom is 0.325 e. The Bertz CT molecular complexity index is 652. The van der Waals surface area contributed by atoms with E-state index in [4.69, 9.17) is 4.74 Å². The van der Waals surface area contributed by atoms with E-state index >= 15 is 0 Å². The number of aliphatic hydroxyl groups is 1. The zero-order valence-electron chi connectivity index (χ0n) is 15.5. The number of carbonyl (C=O) groups excluding carboxylic acids is 2. The number of hydrogen-bond acceptors (Lipinski definition) is 4. The molecule has 1 aliphatic rings. The highest BCUT2D eigenvalue weighted by Crippen LogP contribution is 2.24. The minimum absolute atomic E-state index is 0.00990. The third kappa shape index (κ3) is 5.02. The van der Waals surface area contributed by atoms with Crippen LogP contribution in [0.1, 0.15) is 39.2 Å². The summed E-state index contributed by atoms with van der Waals surface area (Å²) in [5.41, 5.74) is -0.550. The fraction of sp³-hybridized carbons (Fsp3) is 0.579. The summed E-state index contributed by atoms with van der Waals surface area (Å²) in [6, 6.07) is 5.71. The number of nitrogens with zero attached hydrogens (tertiary/aromatic N) is 1. The van der Waals surface area contributed by atoms with Crippen LogP contribution in [0.4, 0.5) is 9.18 Å².